The molecule has 4 nitrogen and oxygen atoms in total. The van der Waals surface area contributed by atoms with Gasteiger partial charge in [0.2, 0.25) is 0 Å². The Morgan fingerprint density at radius 1 is 1.38 bits per heavy atom. The fraction of sp³-hybridized carbons (Fsp3) is 0.588. The van der Waals surface area contributed by atoms with Crippen molar-refractivity contribution >= 4 is 11.6 Å². The number of benzene rings is 1. The molecule has 0 radical (unpaired) electrons. The molecule has 116 valence electrons. The maximum absolute atomic E-state index is 12.3. The zero-order valence-corrected chi connectivity index (χ0v) is 12.9. The smallest absolute Gasteiger partial charge is 0.253 e. The van der Waals surface area contributed by atoms with Crippen molar-refractivity contribution in [2.75, 3.05) is 31.6 Å². The molecule has 21 heavy (non-hydrogen) atoms. The van der Waals surface area contributed by atoms with Gasteiger partial charge in [0.15, 0.2) is 0 Å². The van der Waals surface area contributed by atoms with Crippen LogP contribution < -0.4 is 10.6 Å². The number of carbonyl (C=O) groups excluding carboxylic acids is 1. The van der Waals surface area contributed by atoms with E-state index in [1.54, 1.807) is 0 Å². The van der Waals surface area contributed by atoms with Crippen LogP contribution in [0.1, 0.15) is 43.0 Å². The van der Waals surface area contributed by atoms with Crippen LogP contribution in [0.2, 0.25) is 0 Å². The summed E-state index contributed by atoms with van der Waals surface area (Å²) in [6.07, 6.45) is 4.48. The molecule has 1 aromatic rings. The molecule has 1 saturated heterocycles. The van der Waals surface area contributed by atoms with Crippen molar-refractivity contribution in [3.05, 3.63) is 29.8 Å². The molecule has 1 aliphatic rings. The van der Waals surface area contributed by atoms with Crippen LogP contribution in [0.25, 0.3) is 0 Å². The molecule has 0 aromatic heterocycles. The molecule has 4 heteroatoms. The van der Waals surface area contributed by atoms with Crippen molar-refractivity contribution in [3.63, 3.8) is 0 Å². The lowest BCUT2D eigenvalue weighted by Gasteiger charge is -2.22. The summed E-state index contributed by atoms with van der Waals surface area (Å²) in [5.74, 6) is 0.447. The highest BCUT2D eigenvalue weighted by atomic mass is 16.5. The lowest BCUT2D eigenvalue weighted by Crippen LogP contribution is -2.33. The Kier molecular flexibility index (Phi) is 6.54. The van der Waals surface area contributed by atoms with Gasteiger partial charge in [-0.25, -0.2) is 0 Å². The van der Waals surface area contributed by atoms with E-state index >= 15 is 0 Å². The minimum Gasteiger partial charge on any atom is -0.384 e. The number of hydrogen-bond donors (Lipinski definition) is 2. The Morgan fingerprint density at radius 3 is 3.00 bits per heavy atom. The molecule has 1 amide bonds. The molecule has 1 heterocycles. The van der Waals surface area contributed by atoms with Crippen LogP contribution in [0.15, 0.2) is 24.3 Å². The highest BCUT2D eigenvalue weighted by Crippen LogP contribution is 2.16. The maximum Gasteiger partial charge on any atom is 0.253 e. The van der Waals surface area contributed by atoms with E-state index in [0.717, 1.165) is 56.7 Å². The van der Waals surface area contributed by atoms with E-state index in [9.17, 15) is 4.79 Å². The number of rotatable bonds is 7. The number of hydrogen-bond acceptors (Lipinski definition) is 3. The monoisotopic (exact) mass is 290 g/mol. The van der Waals surface area contributed by atoms with Gasteiger partial charge in [0.25, 0.3) is 5.91 Å². The van der Waals surface area contributed by atoms with Crippen LogP contribution in [0.5, 0.6) is 0 Å². The van der Waals surface area contributed by atoms with Gasteiger partial charge in [0.05, 0.1) is 12.2 Å². The average molecular weight is 290 g/mol. The first-order valence-electron chi connectivity index (χ1n) is 8.00. The Bertz CT molecular complexity index is 442. The van der Waals surface area contributed by atoms with Crippen molar-refractivity contribution in [1.82, 2.24) is 5.32 Å². The van der Waals surface area contributed by atoms with E-state index < -0.39 is 0 Å². The molecule has 0 bridgehead atoms. The SMILES string of the molecule is CCCCNc1ccccc1C(=O)NC[C@@H]1CCCOC1. The van der Waals surface area contributed by atoms with Crippen LogP contribution >= 0.6 is 0 Å². The third-order valence-electron chi connectivity index (χ3n) is 3.82. The van der Waals surface area contributed by atoms with Gasteiger partial charge in [-0.3, -0.25) is 4.79 Å². The second-order valence-corrected chi connectivity index (χ2v) is 5.62. The van der Waals surface area contributed by atoms with Gasteiger partial charge < -0.3 is 15.4 Å². The van der Waals surface area contributed by atoms with Crippen molar-refractivity contribution in [1.29, 1.82) is 0 Å². The summed E-state index contributed by atoms with van der Waals surface area (Å²) in [5, 5.41) is 6.39. The van der Waals surface area contributed by atoms with Crippen molar-refractivity contribution in [3.8, 4) is 0 Å². The van der Waals surface area contributed by atoms with Crippen molar-refractivity contribution in [2.24, 2.45) is 5.92 Å². The van der Waals surface area contributed by atoms with E-state index in [0.29, 0.717) is 12.5 Å². The van der Waals surface area contributed by atoms with Gasteiger partial charge in [-0.15, -0.1) is 0 Å². The number of amides is 1. The van der Waals surface area contributed by atoms with E-state index in [4.69, 9.17) is 4.74 Å². The Balaban J connectivity index is 1.88. The molecule has 1 fully saturated rings. The minimum atomic E-state index is 0.000159. The predicted molar refractivity (Wildman–Crippen MR) is 85.7 cm³/mol. The molecule has 0 aliphatic carbocycles. The standard InChI is InChI=1S/C17H26N2O2/c1-2-3-10-18-16-9-5-4-8-15(16)17(20)19-12-14-7-6-11-21-13-14/h4-5,8-9,14,18H,2-3,6-7,10-13H2,1H3,(H,19,20)/t14-/m0/s1. The van der Waals surface area contributed by atoms with E-state index in [-0.39, 0.29) is 5.91 Å². The Morgan fingerprint density at radius 2 is 2.24 bits per heavy atom. The van der Waals surface area contributed by atoms with Gasteiger partial charge in [-0.1, -0.05) is 25.5 Å². The molecule has 2 rings (SSSR count). The zero-order valence-electron chi connectivity index (χ0n) is 12.9. The highest BCUT2D eigenvalue weighted by molar-refractivity contribution is 5.99. The normalized spacial score (nSPS) is 18.2. The van der Waals surface area contributed by atoms with Gasteiger partial charge in [0, 0.05) is 25.4 Å². The van der Waals surface area contributed by atoms with E-state index in [1.165, 1.54) is 0 Å². The fourth-order valence-electron chi connectivity index (χ4n) is 2.54. The molecule has 0 unspecified atom stereocenters. The second-order valence-electron chi connectivity index (χ2n) is 5.62. The number of para-hydroxylation sites is 1. The quantitative estimate of drug-likeness (QED) is 0.759. The number of ether oxygens (including phenoxy) is 1. The first-order chi connectivity index (χ1) is 10.3. The van der Waals surface area contributed by atoms with Crippen molar-refractivity contribution in [2.45, 2.75) is 32.6 Å². The third kappa shape index (κ3) is 5.05. The molecular weight excluding hydrogens is 264 g/mol. The second kappa shape index (κ2) is 8.67. The van der Waals surface area contributed by atoms with E-state index in [1.807, 2.05) is 24.3 Å². The van der Waals surface area contributed by atoms with Crippen LogP contribution in [0.4, 0.5) is 5.69 Å². The Labute approximate surface area is 127 Å². The summed E-state index contributed by atoms with van der Waals surface area (Å²) in [4.78, 5) is 12.3. The largest absolute Gasteiger partial charge is 0.384 e. The molecule has 1 atom stereocenters. The molecule has 0 saturated carbocycles. The molecule has 0 spiro atoms. The van der Waals surface area contributed by atoms with Crippen LogP contribution in [-0.2, 0) is 4.74 Å². The summed E-state index contributed by atoms with van der Waals surface area (Å²) in [7, 11) is 0. The number of anilines is 1. The number of unbranched alkanes of at least 4 members (excludes halogenated alkanes) is 1. The van der Waals surface area contributed by atoms with Gasteiger partial charge in [0.1, 0.15) is 0 Å². The lowest BCUT2D eigenvalue weighted by molar-refractivity contribution is 0.0536. The first kappa shape index (κ1) is 15.8. The summed E-state index contributed by atoms with van der Waals surface area (Å²) < 4.78 is 5.45. The third-order valence-corrected chi connectivity index (χ3v) is 3.82. The molecule has 1 aromatic carbocycles. The molecular formula is C17H26N2O2. The van der Waals surface area contributed by atoms with Gasteiger partial charge in [-0.2, -0.15) is 0 Å². The Hall–Kier alpha value is -1.55. The minimum absolute atomic E-state index is 0.000159. The summed E-state index contributed by atoms with van der Waals surface area (Å²) >= 11 is 0. The number of carbonyl (C=O) groups is 1. The van der Waals surface area contributed by atoms with Gasteiger partial charge in [-0.05, 0) is 37.3 Å². The lowest BCUT2D eigenvalue weighted by atomic mass is 10.0. The maximum atomic E-state index is 12.3. The van der Waals surface area contributed by atoms with Crippen LogP contribution in [-0.4, -0.2) is 32.2 Å². The highest BCUT2D eigenvalue weighted by Gasteiger charge is 2.16. The number of nitrogens with one attached hydrogen (secondary N) is 2. The zero-order chi connectivity index (χ0) is 14.9. The van der Waals surface area contributed by atoms with Crippen LogP contribution in [0.3, 0.4) is 0 Å². The summed E-state index contributed by atoms with van der Waals surface area (Å²) in [6.45, 7) is 5.37. The summed E-state index contributed by atoms with van der Waals surface area (Å²) in [5.41, 5.74) is 1.65. The average Bonchev–Trinajstić information content (AvgIpc) is 2.54. The molecule has 2 N–H and O–H groups in total. The van der Waals surface area contributed by atoms with E-state index in [2.05, 4.69) is 17.6 Å². The summed E-state index contributed by atoms with van der Waals surface area (Å²) in [6, 6.07) is 7.71. The fourth-order valence-corrected chi connectivity index (χ4v) is 2.54. The van der Waals surface area contributed by atoms with Gasteiger partial charge >= 0.3 is 0 Å². The predicted octanol–water partition coefficient (Wildman–Crippen LogP) is 3.06. The molecule has 1 aliphatic heterocycles. The van der Waals surface area contributed by atoms with Crippen LogP contribution in [0, 0.1) is 5.92 Å². The topological polar surface area (TPSA) is 50.4 Å². The van der Waals surface area contributed by atoms with Crippen molar-refractivity contribution < 1.29 is 9.53 Å². The first-order valence-corrected chi connectivity index (χ1v) is 8.00.